The molecule has 2 atom stereocenters. The van der Waals surface area contributed by atoms with E-state index in [1.165, 1.54) is 32.4 Å². The summed E-state index contributed by atoms with van der Waals surface area (Å²) in [5.74, 6) is 0.690. The zero-order valence-electron chi connectivity index (χ0n) is 16.1. The van der Waals surface area contributed by atoms with Gasteiger partial charge in [0.25, 0.3) is 0 Å². The minimum absolute atomic E-state index is 0.0220. The second-order valence-corrected chi connectivity index (χ2v) is 8.44. The Morgan fingerprint density at radius 2 is 2.00 bits per heavy atom. The molecular weight excluding hydrogens is 370 g/mol. The second-order valence-electron chi connectivity index (χ2n) is 6.67. The molecule has 27 heavy (non-hydrogen) atoms. The number of rotatable bonds is 8. The van der Waals surface area contributed by atoms with Gasteiger partial charge in [-0.05, 0) is 38.3 Å². The third kappa shape index (κ3) is 5.33. The maximum atomic E-state index is 12.5. The van der Waals surface area contributed by atoms with Crippen molar-refractivity contribution in [1.82, 2.24) is 9.62 Å². The SMILES string of the molecule is COc1ccc(S(=O)(=O)NCCC(=O)N2CCCCC2C(C)N)cc1OC. The minimum atomic E-state index is -3.76. The third-order valence-corrected chi connectivity index (χ3v) is 6.23. The van der Waals surface area contributed by atoms with Crippen LogP contribution in [0.15, 0.2) is 23.1 Å². The van der Waals surface area contributed by atoms with Crippen molar-refractivity contribution in [3.05, 3.63) is 18.2 Å². The number of nitrogens with one attached hydrogen (secondary N) is 1. The van der Waals surface area contributed by atoms with Crippen molar-refractivity contribution in [2.24, 2.45) is 5.73 Å². The average Bonchev–Trinajstić information content (AvgIpc) is 2.67. The zero-order chi connectivity index (χ0) is 20.0. The number of nitrogens with zero attached hydrogens (tertiary/aromatic N) is 1. The van der Waals surface area contributed by atoms with Crippen LogP contribution in [0.4, 0.5) is 0 Å². The van der Waals surface area contributed by atoms with Crippen LogP contribution >= 0.6 is 0 Å². The first-order chi connectivity index (χ1) is 12.8. The summed E-state index contributed by atoms with van der Waals surface area (Å²) >= 11 is 0. The Hall–Kier alpha value is -1.84. The van der Waals surface area contributed by atoms with Crippen molar-refractivity contribution in [3.63, 3.8) is 0 Å². The molecule has 0 radical (unpaired) electrons. The fraction of sp³-hybridized carbons (Fsp3) is 0.611. The van der Waals surface area contributed by atoms with Crippen LogP contribution in [0.5, 0.6) is 11.5 Å². The van der Waals surface area contributed by atoms with E-state index in [1.54, 1.807) is 4.90 Å². The first kappa shape index (κ1) is 21.5. The number of benzene rings is 1. The number of nitrogens with two attached hydrogens (primary N) is 1. The molecule has 1 amide bonds. The van der Waals surface area contributed by atoms with E-state index in [9.17, 15) is 13.2 Å². The molecule has 0 aromatic heterocycles. The lowest BCUT2D eigenvalue weighted by Gasteiger charge is -2.38. The van der Waals surface area contributed by atoms with Crippen molar-refractivity contribution in [3.8, 4) is 11.5 Å². The van der Waals surface area contributed by atoms with Crippen LogP contribution in [0, 0.1) is 0 Å². The van der Waals surface area contributed by atoms with Crippen LogP contribution in [0.25, 0.3) is 0 Å². The van der Waals surface area contributed by atoms with Crippen molar-refractivity contribution in [2.75, 3.05) is 27.3 Å². The van der Waals surface area contributed by atoms with Gasteiger partial charge in [-0.25, -0.2) is 13.1 Å². The number of hydrogen-bond donors (Lipinski definition) is 2. The number of hydrogen-bond acceptors (Lipinski definition) is 6. The van der Waals surface area contributed by atoms with Gasteiger partial charge in [-0.3, -0.25) is 4.79 Å². The van der Waals surface area contributed by atoms with Crippen molar-refractivity contribution in [2.45, 2.75) is 49.6 Å². The molecule has 0 spiro atoms. The molecule has 1 aliphatic rings. The Labute approximate surface area is 161 Å². The summed E-state index contributed by atoms with van der Waals surface area (Å²) in [4.78, 5) is 14.4. The molecule has 1 aliphatic heterocycles. The van der Waals surface area contributed by atoms with Crippen LogP contribution in [0.2, 0.25) is 0 Å². The molecule has 1 heterocycles. The normalized spacial score (nSPS) is 18.8. The van der Waals surface area contributed by atoms with E-state index in [2.05, 4.69) is 4.72 Å². The standard InChI is InChI=1S/C18H29N3O5S/c1-13(19)15-6-4-5-11-21(15)18(22)9-10-20-27(23,24)14-7-8-16(25-2)17(12-14)26-3/h7-8,12-13,15,20H,4-6,9-11,19H2,1-3H3. The quantitative estimate of drug-likeness (QED) is 0.677. The van der Waals surface area contributed by atoms with Gasteiger partial charge in [0.05, 0.1) is 19.1 Å². The predicted octanol–water partition coefficient (Wildman–Crippen LogP) is 1.10. The Morgan fingerprint density at radius 3 is 2.63 bits per heavy atom. The van der Waals surface area contributed by atoms with Crippen molar-refractivity contribution in [1.29, 1.82) is 0 Å². The van der Waals surface area contributed by atoms with Gasteiger partial charge in [-0.1, -0.05) is 0 Å². The van der Waals surface area contributed by atoms with Gasteiger partial charge < -0.3 is 20.1 Å². The highest BCUT2D eigenvalue weighted by Gasteiger charge is 2.29. The van der Waals surface area contributed by atoms with Gasteiger partial charge in [0.15, 0.2) is 11.5 Å². The summed E-state index contributed by atoms with van der Waals surface area (Å²) in [5.41, 5.74) is 5.99. The Morgan fingerprint density at radius 1 is 1.30 bits per heavy atom. The Bertz CT molecular complexity index is 751. The molecule has 2 unspecified atom stereocenters. The van der Waals surface area contributed by atoms with Gasteiger partial charge in [-0.15, -0.1) is 0 Å². The number of methoxy groups -OCH3 is 2. The van der Waals surface area contributed by atoms with E-state index < -0.39 is 10.0 Å². The number of amides is 1. The highest BCUT2D eigenvalue weighted by molar-refractivity contribution is 7.89. The smallest absolute Gasteiger partial charge is 0.240 e. The highest BCUT2D eigenvalue weighted by atomic mass is 32.2. The lowest BCUT2D eigenvalue weighted by molar-refractivity contribution is -0.135. The van der Waals surface area contributed by atoms with Crippen molar-refractivity contribution < 1.29 is 22.7 Å². The lowest BCUT2D eigenvalue weighted by Crippen LogP contribution is -2.52. The summed E-state index contributed by atoms with van der Waals surface area (Å²) in [5, 5.41) is 0. The number of ether oxygens (including phenoxy) is 2. The number of sulfonamides is 1. The van der Waals surface area contributed by atoms with Gasteiger partial charge in [-0.2, -0.15) is 0 Å². The average molecular weight is 400 g/mol. The van der Waals surface area contributed by atoms with Crippen LogP contribution in [0.1, 0.15) is 32.6 Å². The third-order valence-electron chi connectivity index (χ3n) is 4.77. The topological polar surface area (TPSA) is 111 Å². The van der Waals surface area contributed by atoms with E-state index in [0.29, 0.717) is 18.0 Å². The molecular formula is C18H29N3O5S. The van der Waals surface area contributed by atoms with E-state index >= 15 is 0 Å². The fourth-order valence-electron chi connectivity index (χ4n) is 3.32. The van der Waals surface area contributed by atoms with Crippen molar-refractivity contribution >= 4 is 15.9 Å². The second kappa shape index (κ2) is 9.38. The molecule has 3 N–H and O–H groups in total. The Kier molecular flexibility index (Phi) is 7.46. The predicted molar refractivity (Wildman–Crippen MR) is 102 cm³/mol. The molecule has 0 aliphatic carbocycles. The maximum Gasteiger partial charge on any atom is 0.240 e. The summed E-state index contributed by atoms with van der Waals surface area (Å²) < 4.78 is 37.7. The largest absolute Gasteiger partial charge is 0.493 e. The van der Waals surface area contributed by atoms with E-state index in [0.717, 1.165) is 19.3 Å². The van der Waals surface area contributed by atoms with Gasteiger partial charge in [0.2, 0.25) is 15.9 Å². The van der Waals surface area contributed by atoms with Gasteiger partial charge >= 0.3 is 0 Å². The van der Waals surface area contributed by atoms with Crippen LogP contribution in [0.3, 0.4) is 0 Å². The molecule has 2 rings (SSSR count). The summed E-state index contributed by atoms with van der Waals surface area (Å²) in [6.07, 6.45) is 2.99. The van der Waals surface area contributed by atoms with E-state index in [-0.39, 0.29) is 35.9 Å². The molecule has 1 aromatic carbocycles. The summed E-state index contributed by atoms with van der Waals surface area (Å²) in [6.45, 7) is 2.60. The molecule has 1 saturated heterocycles. The first-order valence-electron chi connectivity index (χ1n) is 9.07. The molecule has 8 nitrogen and oxygen atoms in total. The van der Waals surface area contributed by atoms with Crippen LogP contribution < -0.4 is 19.9 Å². The highest BCUT2D eigenvalue weighted by Crippen LogP contribution is 2.29. The number of piperidine rings is 1. The molecule has 152 valence electrons. The lowest BCUT2D eigenvalue weighted by atomic mass is 9.96. The maximum absolute atomic E-state index is 12.5. The molecule has 1 aromatic rings. The molecule has 9 heteroatoms. The molecule has 0 bridgehead atoms. The minimum Gasteiger partial charge on any atom is -0.493 e. The van der Waals surface area contributed by atoms with Gasteiger partial charge in [0, 0.05) is 37.7 Å². The number of likely N-dealkylation sites (tertiary alicyclic amines) is 1. The summed E-state index contributed by atoms with van der Waals surface area (Å²) in [7, 11) is -0.839. The zero-order valence-corrected chi connectivity index (χ0v) is 16.9. The number of carbonyl (C=O) groups excluding carboxylic acids is 1. The fourth-order valence-corrected chi connectivity index (χ4v) is 4.36. The summed E-state index contributed by atoms with van der Waals surface area (Å²) in [6, 6.07) is 4.27. The Balaban J connectivity index is 1.98. The number of carbonyl (C=O) groups is 1. The van der Waals surface area contributed by atoms with Gasteiger partial charge in [0.1, 0.15) is 0 Å². The first-order valence-corrected chi connectivity index (χ1v) is 10.5. The monoisotopic (exact) mass is 399 g/mol. The van der Waals surface area contributed by atoms with Crippen LogP contribution in [-0.2, 0) is 14.8 Å². The molecule has 0 saturated carbocycles. The van der Waals surface area contributed by atoms with Crippen LogP contribution in [-0.4, -0.2) is 58.6 Å². The molecule has 1 fully saturated rings. The van der Waals surface area contributed by atoms with E-state index in [4.69, 9.17) is 15.2 Å². The van der Waals surface area contributed by atoms with E-state index in [1.807, 2.05) is 6.92 Å².